The van der Waals surface area contributed by atoms with E-state index in [0.29, 0.717) is 30.3 Å². The molecule has 0 radical (unpaired) electrons. The largest absolute Gasteiger partial charge is 0.756 e. The number of aliphatic hydroxyl groups is 1. The molecule has 0 aromatic carbocycles. The van der Waals surface area contributed by atoms with E-state index < -0.39 is 38.6 Å². The molecule has 11 heteroatoms. The highest BCUT2D eigenvalue weighted by Crippen LogP contribution is 2.38. The summed E-state index contributed by atoms with van der Waals surface area (Å²) in [6.45, 7) is 3.94. The minimum absolute atomic E-state index is 0.0473. The smallest absolute Gasteiger partial charge is 0.306 e. The fourth-order valence-electron chi connectivity index (χ4n) is 5.51. The summed E-state index contributed by atoms with van der Waals surface area (Å²) in [5.74, 6) is -0.901. The Hall–Kier alpha value is -2.07. The van der Waals surface area contributed by atoms with Gasteiger partial charge in [0.2, 0.25) is 0 Å². The standard InChI is InChI=1S/C44H80NO9P/c1-6-8-10-11-12-13-14-15-16-17-18-21-24-27-31-35-43(47)51-39-42(40-53-55(49,50)52-38-37-45(3,4)5)54-44(48)36-32-28-25-22-19-20-23-26-30-34-41(46)33-29-9-7-2/h9,15-16,23,26,29-30,34,41-42,46H,6-8,10-14,17-22,24-25,27-28,31-33,35-40H2,1-5H3/b16-15-,26-23+,29-9+,34-30+. The highest BCUT2D eigenvalue weighted by molar-refractivity contribution is 7.45. The maximum atomic E-state index is 12.7. The number of hydrogen-bond donors (Lipinski definition) is 1. The highest BCUT2D eigenvalue weighted by Gasteiger charge is 2.21. The molecule has 0 aromatic heterocycles. The lowest BCUT2D eigenvalue weighted by molar-refractivity contribution is -0.870. The minimum atomic E-state index is -4.64. The number of unbranched alkanes of at least 4 members (excludes halogenated alkanes) is 16. The van der Waals surface area contributed by atoms with Crippen LogP contribution in [0.3, 0.4) is 0 Å². The van der Waals surface area contributed by atoms with Gasteiger partial charge in [-0.05, 0) is 64.2 Å². The van der Waals surface area contributed by atoms with Gasteiger partial charge < -0.3 is 33.0 Å². The predicted molar refractivity (Wildman–Crippen MR) is 223 cm³/mol. The number of carbonyl (C=O) groups excluding carboxylic acids is 2. The summed E-state index contributed by atoms with van der Waals surface area (Å²) in [5.41, 5.74) is 0. The summed E-state index contributed by atoms with van der Waals surface area (Å²) in [6.07, 6.45) is 37.5. The van der Waals surface area contributed by atoms with Crippen molar-refractivity contribution in [3.8, 4) is 0 Å². The van der Waals surface area contributed by atoms with E-state index in [1.165, 1.54) is 44.9 Å². The number of ether oxygens (including phenoxy) is 2. The molecule has 0 fully saturated rings. The first-order valence-electron chi connectivity index (χ1n) is 21.5. The molecule has 1 N–H and O–H groups in total. The van der Waals surface area contributed by atoms with Crippen LogP contribution >= 0.6 is 7.82 Å². The van der Waals surface area contributed by atoms with E-state index in [0.717, 1.165) is 70.6 Å². The van der Waals surface area contributed by atoms with Crippen molar-refractivity contribution in [1.82, 2.24) is 0 Å². The minimum Gasteiger partial charge on any atom is -0.756 e. The van der Waals surface area contributed by atoms with Gasteiger partial charge in [-0.1, -0.05) is 133 Å². The quantitative estimate of drug-likeness (QED) is 0.0162. The molecule has 0 amide bonds. The molecule has 0 saturated heterocycles. The van der Waals surface area contributed by atoms with Crippen molar-refractivity contribution in [1.29, 1.82) is 0 Å². The Bertz CT molecular complexity index is 1100. The molecule has 0 bridgehead atoms. The van der Waals surface area contributed by atoms with Crippen molar-refractivity contribution < 1.29 is 47.2 Å². The zero-order chi connectivity index (χ0) is 40.9. The Balaban J connectivity index is 4.46. The van der Waals surface area contributed by atoms with Gasteiger partial charge in [0.25, 0.3) is 7.82 Å². The van der Waals surface area contributed by atoms with E-state index >= 15 is 0 Å². The van der Waals surface area contributed by atoms with Gasteiger partial charge in [-0.3, -0.25) is 14.2 Å². The lowest BCUT2D eigenvalue weighted by Gasteiger charge is -2.28. The fourth-order valence-corrected chi connectivity index (χ4v) is 6.24. The van der Waals surface area contributed by atoms with Crippen molar-refractivity contribution >= 4 is 19.8 Å². The first-order valence-corrected chi connectivity index (χ1v) is 22.9. The molecule has 0 rings (SSSR count). The molecule has 0 aliphatic heterocycles. The van der Waals surface area contributed by atoms with Crippen LogP contribution in [0.25, 0.3) is 0 Å². The van der Waals surface area contributed by atoms with Gasteiger partial charge in [-0.2, -0.15) is 0 Å². The zero-order valence-electron chi connectivity index (χ0n) is 35.5. The van der Waals surface area contributed by atoms with Gasteiger partial charge in [0.1, 0.15) is 19.8 Å². The number of nitrogens with zero attached hydrogens (tertiary/aromatic N) is 1. The molecule has 55 heavy (non-hydrogen) atoms. The zero-order valence-corrected chi connectivity index (χ0v) is 36.4. The average Bonchev–Trinajstić information content (AvgIpc) is 3.12. The molecule has 3 unspecified atom stereocenters. The molecule has 0 saturated carbocycles. The number of likely N-dealkylation sites (N-methyl/N-ethyl adjacent to an activating group) is 1. The Morgan fingerprint density at radius 1 is 0.673 bits per heavy atom. The van der Waals surface area contributed by atoms with Crippen LogP contribution in [0.2, 0.25) is 0 Å². The SMILES string of the molecule is CC/C=C/CC(O)/C=C/C=C/CCCCCCCC(=O)OC(COC(=O)CCCCCCC/C=C\CCCCCCCC)COP(=O)([O-])OCC[N+](C)(C)C. The molecule has 0 spiro atoms. The van der Waals surface area contributed by atoms with Gasteiger partial charge in [-0.25, -0.2) is 0 Å². The van der Waals surface area contributed by atoms with Gasteiger partial charge in [0.05, 0.1) is 33.9 Å². The van der Waals surface area contributed by atoms with Crippen molar-refractivity contribution in [3.05, 3.63) is 48.6 Å². The maximum absolute atomic E-state index is 12.7. The van der Waals surface area contributed by atoms with Crippen LogP contribution in [0.1, 0.15) is 162 Å². The van der Waals surface area contributed by atoms with E-state index in [1.807, 2.05) is 45.4 Å². The number of aliphatic hydroxyl groups excluding tert-OH is 1. The maximum Gasteiger partial charge on any atom is 0.306 e. The number of carbonyl (C=O) groups is 2. The molecule has 320 valence electrons. The van der Waals surface area contributed by atoms with Crippen LogP contribution in [0.15, 0.2) is 48.6 Å². The summed E-state index contributed by atoms with van der Waals surface area (Å²) in [7, 11) is 1.11. The number of rotatable bonds is 38. The van der Waals surface area contributed by atoms with E-state index in [9.17, 15) is 24.2 Å². The summed E-state index contributed by atoms with van der Waals surface area (Å²) in [4.78, 5) is 37.5. The van der Waals surface area contributed by atoms with Crippen LogP contribution in [-0.2, 0) is 32.7 Å². The number of quaternary nitrogens is 1. The summed E-state index contributed by atoms with van der Waals surface area (Å²) < 4.78 is 33.8. The molecule has 0 heterocycles. The van der Waals surface area contributed by atoms with Crippen molar-refractivity contribution in [2.75, 3.05) is 47.5 Å². The van der Waals surface area contributed by atoms with E-state index in [4.69, 9.17) is 18.5 Å². The Labute approximate surface area is 336 Å². The van der Waals surface area contributed by atoms with Crippen molar-refractivity contribution in [2.45, 2.75) is 174 Å². The topological polar surface area (TPSA) is 131 Å². The number of phosphoric acid groups is 1. The average molecular weight is 798 g/mol. The molecule has 10 nitrogen and oxygen atoms in total. The molecular weight excluding hydrogens is 717 g/mol. The fraction of sp³-hybridized carbons (Fsp3) is 0.773. The molecular formula is C44H80NO9P. The third-order valence-electron chi connectivity index (χ3n) is 8.91. The van der Waals surface area contributed by atoms with E-state index in [-0.39, 0.29) is 26.1 Å². The number of esters is 2. The van der Waals surface area contributed by atoms with Crippen molar-refractivity contribution in [3.63, 3.8) is 0 Å². The number of phosphoric ester groups is 1. The van der Waals surface area contributed by atoms with Crippen LogP contribution in [0.5, 0.6) is 0 Å². The molecule has 3 atom stereocenters. The Morgan fingerprint density at radius 2 is 1.22 bits per heavy atom. The second-order valence-corrected chi connectivity index (χ2v) is 16.9. The lowest BCUT2D eigenvalue weighted by atomic mass is 10.1. The van der Waals surface area contributed by atoms with Crippen molar-refractivity contribution in [2.24, 2.45) is 0 Å². The second kappa shape index (κ2) is 36.3. The second-order valence-electron chi connectivity index (χ2n) is 15.5. The van der Waals surface area contributed by atoms with Gasteiger partial charge in [-0.15, -0.1) is 0 Å². The van der Waals surface area contributed by atoms with E-state index in [2.05, 4.69) is 32.1 Å². The first-order chi connectivity index (χ1) is 26.4. The van der Waals surface area contributed by atoms with Crippen LogP contribution in [-0.4, -0.2) is 81.2 Å². The van der Waals surface area contributed by atoms with Crippen LogP contribution < -0.4 is 4.89 Å². The summed E-state index contributed by atoms with van der Waals surface area (Å²) >= 11 is 0. The van der Waals surface area contributed by atoms with Gasteiger partial charge >= 0.3 is 11.9 Å². The predicted octanol–water partition coefficient (Wildman–Crippen LogP) is 10.2. The van der Waals surface area contributed by atoms with E-state index in [1.54, 1.807) is 6.08 Å². The number of allylic oxidation sites excluding steroid dienone is 6. The molecule has 0 aliphatic carbocycles. The van der Waals surface area contributed by atoms with Crippen LogP contribution in [0, 0.1) is 0 Å². The van der Waals surface area contributed by atoms with Gasteiger partial charge in [0.15, 0.2) is 6.10 Å². The third-order valence-corrected chi connectivity index (χ3v) is 9.88. The third kappa shape index (κ3) is 39.9. The lowest BCUT2D eigenvalue weighted by Crippen LogP contribution is -2.37. The normalized spacial score (nSPS) is 14.7. The summed E-state index contributed by atoms with van der Waals surface area (Å²) in [5, 5.41) is 9.88. The van der Waals surface area contributed by atoms with Gasteiger partial charge in [0, 0.05) is 12.8 Å². The molecule has 0 aromatic rings. The van der Waals surface area contributed by atoms with Crippen LogP contribution in [0.4, 0.5) is 0 Å². The monoisotopic (exact) mass is 798 g/mol. The molecule has 0 aliphatic rings. The first kappa shape index (κ1) is 52.9. The highest BCUT2D eigenvalue weighted by atomic mass is 31.2. The summed E-state index contributed by atoms with van der Waals surface area (Å²) in [6, 6.07) is 0. The Morgan fingerprint density at radius 3 is 1.80 bits per heavy atom. The number of hydrogen-bond acceptors (Lipinski definition) is 9. The Kier molecular flexibility index (Phi) is 34.9.